The van der Waals surface area contributed by atoms with E-state index < -0.39 is 0 Å². The summed E-state index contributed by atoms with van der Waals surface area (Å²) in [6.07, 6.45) is 1.46. The smallest absolute Gasteiger partial charge is 0.263 e. The van der Waals surface area contributed by atoms with Gasteiger partial charge in [0.05, 0.1) is 16.7 Å². The van der Waals surface area contributed by atoms with Crippen LogP contribution in [0, 0.1) is 11.3 Å². The Morgan fingerprint density at radius 1 is 1.04 bits per heavy atom. The van der Waals surface area contributed by atoms with Gasteiger partial charge in [-0.25, -0.2) is 4.98 Å². The van der Waals surface area contributed by atoms with Crippen molar-refractivity contribution in [1.82, 2.24) is 4.98 Å². The lowest BCUT2D eigenvalue weighted by Gasteiger charge is -2.08. The van der Waals surface area contributed by atoms with E-state index in [2.05, 4.69) is 16.4 Å². The topological polar surface area (TPSA) is 75.0 Å². The molecule has 1 aromatic heterocycles. The molecular formula is C20H14ClN3O2. The molecule has 0 atom stereocenters. The van der Waals surface area contributed by atoms with E-state index in [1.165, 1.54) is 6.20 Å². The molecule has 0 saturated carbocycles. The molecule has 0 fully saturated rings. The summed E-state index contributed by atoms with van der Waals surface area (Å²) in [4.78, 5) is 15.9. The normalized spacial score (nSPS) is 10.0. The molecule has 6 heteroatoms. The molecule has 0 bridgehead atoms. The summed E-state index contributed by atoms with van der Waals surface area (Å²) < 4.78 is 5.48. The maximum Gasteiger partial charge on any atom is 0.263 e. The minimum atomic E-state index is -0.309. The number of ether oxygens (including phenoxy) is 1. The second-order valence-corrected chi connectivity index (χ2v) is 5.85. The van der Waals surface area contributed by atoms with Crippen LogP contribution in [0.1, 0.15) is 5.56 Å². The first-order chi connectivity index (χ1) is 12.6. The van der Waals surface area contributed by atoms with E-state index in [1.807, 2.05) is 24.3 Å². The highest BCUT2D eigenvalue weighted by molar-refractivity contribution is 6.30. The van der Waals surface area contributed by atoms with E-state index in [1.54, 1.807) is 36.4 Å². The first-order valence-electron chi connectivity index (χ1n) is 7.79. The fourth-order valence-corrected chi connectivity index (χ4v) is 2.37. The van der Waals surface area contributed by atoms with Gasteiger partial charge >= 0.3 is 0 Å². The number of carbonyl (C=O) groups excluding carboxylic acids is 1. The predicted octanol–water partition coefficient (Wildman–Crippen LogP) is 4.29. The van der Waals surface area contributed by atoms with Crippen molar-refractivity contribution in [2.75, 3.05) is 11.9 Å². The van der Waals surface area contributed by atoms with Gasteiger partial charge in [-0.15, -0.1) is 0 Å². The minimum Gasteiger partial charge on any atom is -0.484 e. The quantitative estimate of drug-likeness (QED) is 0.733. The van der Waals surface area contributed by atoms with Crippen LogP contribution >= 0.6 is 11.6 Å². The van der Waals surface area contributed by atoms with Crippen LogP contribution < -0.4 is 10.1 Å². The summed E-state index contributed by atoms with van der Waals surface area (Å²) in [5, 5.41) is 12.0. The molecule has 1 amide bonds. The van der Waals surface area contributed by atoms with E-state index in [9.17, 15) is 4.79 Å². The zero-order valence-electron chi connectivity index (χ0n) is 13.6. The van der Waals surface area contributed by atoms with Crippen LogP contribution in [-0.2, 0) is 4.79 Å². The number of rotatable bonds is 5. The van der Waals surface area contributed by atoms with E-state index in [0.717, 1.165) is 11.1 Å². The van der Waals surface area contributed by atoms with E-state index in [-0.39, 0.29) is 12.5 Å². The van der Waals surface area contributed by atoms with Crippen molar-refractivity contribution in [3.63, 3.8) is 0 Å². The number of nitrogens with one attached hydrogen (secondary N) is 1. The molecule has 1 heterocycles. The lowest BCUT2D eigenvalue weighted by atomic mass is 10.0. The molecule has 0 aliphatic carbocycles. The van der Waals surface area contributed by atoms with Crippen molar-refractivity contribution in [2.45, 2.75) is 0 Å². The molecule has 3 aromatic rings. The standard InChI is InChI=1S/C20H14ClN3O2/c21-17-7-10-19(23-12-17)24-20(25)13-26-18-8-5-16(6-9-18)15-3-1-14(11-22)2-4-15/h1-10,12H,13H2,(H,23,24,25). The summed E-state index contributed by atoms with van der Waals surface area (Å²) in [5.41, 5.74) is 2.62. The van der Waals surface area contributed by atoms with E-state index >= 15 is 0 Å². The number of carbonyl (C=O) groups is 1. The van der Waals surface area contributed by atoms with Gasteiger partial charge in [0.1, 0.15) is 11.6 Å². The van der Waals surface area contributed by atoms with Crippen LogP contribution in [0.5, 0.6) is 5.75 Å². The van der Waals surface area contributed by atoms with E-state index in [0.29, 0.717) is 22.2 Å². The number of hydrogen-bond donors (Lipinski definition) is 1. The fraction of sp³-hybridized carbons (Fsp3) is 0.0500. The van der Waals surface area contributed by atoms with Gasteiger partial charge in [0.2, 0.25) is 0 Å². The summed E-state index contributed by atoms with van der Waals surface area (Å²) in [7, 11) is 0. The molecule has 1 N–H and O–H groups in total. The number of amides is 1. The Labute approximate surface area is 155 Å². The number of hydrogen-bond acceptors (Lipinski definition) is 4. The van der Waals surface area contributed by atoms with Gasteiger partial charge in [0, 0.05) is 6.20 Å². The third-order valence-corrected chi connectivity index (χ3v) is 3.79. The number of nitriles is 1. The summed E-state index contributed by atoms with van der Waals surface area (Å²) in [6.45, 7) is -0.124. The van der Waals surface area contributed by atoms with Gasteiger partial charge in [-0.2, -0.15) is 5.26 Å². The molecule has 0 saturated heterocycles. The number of benzene rings is 2. The van der Waals surface area contributed by atoms with Crippen LogP contribution in [-0.4, -0.2) is 17.5 Å². The predicted molar refractivity (Wildman–Crippen MR) is 100.0 cm³/mol. The Morgan fingerprint density at radius 3 is 2.27 bits per heavy atom. The van der Waals surface area contributed by atoms with Crippen molar-refractivity contribution < 1.29 is 9.53 Å². The number of pyridine rings is 1. The van der Waals surface area contributed by atoms with Crippen LogP contribution in [0.25, 0.3) is 11.1 Å². The molecule has 26 heavy (non-hydrogen) atoms. The van der Waals surface area contributed by atoms with Gasteiger partial charge in [0.15, 0.2) is 6.61 Å². The lowest BCUT2D eigenvalue weighted by Crippen LogP contribution is -2.20. The van der Waals surface area contributed by atoms with Crippen molar-refractivity contribution in [2.24, 2.45) is 0 Å². The molecular weight excluding hydrogens is 350 g/mol. The average Bonchev–Trinajstić information content (AvgIpc) is 2.69. The minimum absolute atomic E-state index is 0.124. The van der Waals surface area contributed by atoms with Gasteiger partial charge < -0.3 is 10.1 Å². The van der Waals surface area contributed by atoms with Gasteiger partial charge in [-0.3, -0.25) is 4.79 Å². The SMILES string of the molecule is N#Cc1ccc(-c2ccc(OCC(=O)Nc3ccc(Cl)cn3)cc2)cc1. The maximum atomic E-state index is 11.9. The Balaban J connectivity index is 1.56. The highest BCUT2D eigenvalue weighted by Crippen LogP contribution is 2.22. The first-order valence-corrected chi connectivity index (χ1v) is 8.16. The van der Waals surface area contributed by atoms with Gasteiger partial charge in [-0.05, 0) is 47.5 Å². The maximum absolute atomic E-state index is 11.9. The molecule has 128 valence electrons. The number of anilines is 1. The van der Waals surface area contributed by atoms with Crippen LogP contribution in [0.2, 0.25) is 5.02 Å². The van der Waals surface area contributed by atoms with Crippen molar-refractivity contribution in [3.8, 4) is 22.9 Å². The molecule has 2 aromatic carbocycles. The zero-order valence-corrected chi connectivity index (χ0v) is 14.4. The van der Waals surface area contributed by atoms with Crippen LogP contribution in [0.3, 0.4) is 0 Å². The highest BCUT2D eigenvalue weighted by atomic mass is 35.5. The van der Waals surface area contributed by atoms with Crippen LogP contribution in [0.15, 0.2) is 66.9 Å². The molecule has 0 unspecified atom stereocenters. The van der Waals surface area contributed by atoms with E-state index in [4.69, 9.17) is 21.6 Å². The monoisotopic (exact) mass is 363 g/mol. The Hall–Kier alpha value is -3.36. The lowest BCUT2D eigenvalue weighted by molar-refractivity contribution is -0.118. The highest BCUT2D eigenvalue weighted by Gasteiger charge is 2.05. The molecule has 3 rings (SSSR count). The van der Waals surface area contributed by atoms with Crippen molar-refractivity contribution in [1.29, 1.82) is 5.26 Å². The molecule has 5 nitrogen and oxygen atoms in total. The molecule has 0 aliphatic rings. The molecule has 0 aliphatic heterocycles. The Kier molecular flexibility index (Phi) is 5.47. The van der Waals surface area contributed by atoms with Gasteiger partial charge in [0.25, 0.3) is 5.91 Å². The number of halogens is 1. The summed E-state index contributed by atoms with van der Waals surface area (Å²) >= 11 is 5.75. The molecule has 0 radical (unpaired) electrons. The second-order valence-electron chi connectivity index (χ2n) is 5.41. The number of nitrogens with zero attached hydrogens (tertiary/aromatic N) is 2. The molecule has 0 spiro atoms. The third kappa shape index (κ3) is 4.59. The fourth-order valence-electron chi connectivity index (χ4n) is 2.26. The Bertz CT molecular complexity index is 931. The largest absolute Gasteiger partial charge is 0.484 e. The van der Waals surface area contributed by atoms with Crippen molar-refractivity contribution in [3.05, 3.63) is 77.4 Å². The summed E-state index contributed by atoms with van der Waals surface area (Å²) in [6, 6.07) is 20.1. The Morgan fingerprint density at radius 2 is 1.69 bits per heavy atom. The van der Waals surface area contributed by atoms with Gasteiger partial charge in [-0.1, -0.05) is 35.9 Å². The number of aromatic nitrogens is 1. The third-order valence-electron chi connectivity index (χ3n) is 3.57. The first kappa shape index (κ1) is 17.5. The second kappa shape index (κ2) is 8.15. The summed E-state index contributed by atoms with van der Waals surface area (Å²) in [5.74, 6) is 0.691. The van der Waals surface area contributed by atoms with Crippen molar-refractivity contribution >= 4 is 23.3 Å². The van der Waals surface area contributed by atoms with Crippen LogP contribution in [0.4, 0.5) is 5.82 Å². The zero-order chi connectivity index (χ0) is 18.4. The average molecular weight is 364 g/mol.